The van der Waals surface area contributed by atoms with Crippen molar-refractivity contribution in [3.63, 3.8) is 0 Å². The molecule has 0 aliphatic heterocycles. The van der Waals surface area contributed by atoms with E-state index in [4.69, 9.17) is 11.6 Å². The number of sulfonamides is 2. The molecule has 0 saturated heterocycles. The molecule has 0 spiro atoms. The second kappa shape index (κ2) is 9.30. The van der Waals surface area contributed by atoms with Gasteiger partial charge in [-0.2, -0.15) is 4.31 Å². The predicted octanol–water partition coefficient (Wildman–Crippen LogP) is 4.40. The zero-order chi connectivity index (χ0) is 21.8. The second-order valence-electron chi connectivity index (χ2n) is 6.50. The molecule has 9 heteroatoms. The summed E-state index contributed by atoms with van der Waals surface area (Å²) in [6.45, 7) is 7.66. The maximum Gasteiger partial charge on any atom is 0.255 e. The van der Waals surface area contributed by atoms with Gasteiger partial charge in [-0.3, -0.25) is 4.72 Å². The minimum atomic E-state index is -3.85. The van der Waals surface area contributed by atoms with Crippen molar-refractivity contribution in [2.75, 3.05) is 17.8 Å². The zero-order valence-electron chi connectivity index (χ0n) is 16.8. The van der Waals surface area contributed by atoms with Crippen LogP contribution in [-0.4, -0.2) is 34.2 Å². The smallest absolute Gasteiger partial charge is 0.255 e. The number of halogens is 1. The highest BCUT2D eigenvalue weighted by molar-refractivity contribution is 7.95. The van der Waals surface area contributed by atoms with E-state index in [1.807, 2.05) is 0 Å². The van der Waals surface area contributed by atoms with Crippen LogP contribution in [0, 0.1) is 13.8 Å². The number of nitrogens with zero attached hydrogens (tertiary/aromatic N) is 1. The van der Waals surface area contributed by atoms with Crippen LogP contribution < -0.4 is 4.72 Å². The van der Waals surface area contributed by atoms with Gasteiger partial charge in [0.2, 0.25) is 10.0 Å². The van der Waals surface area contributed by atoms with Crippen molar-refractivity contribution in [2.24, 2.45) is 0 Å². The molecule has 0 bridgehead atoms. The Morgan fingerprint density at radius 3 is 2.14 bits per heavy atom. The van der Waals surface area contributed by atoms with Gasteiger partial charge in [-0.15, -0.1) is 0 Å². The van der Waals surface area contributed by atoms with Crippen molar-refractivity contribution >= 4 is 43.4 Å². The molecule has 0 aliphatic rings. The zero-order valence-corrected chi connectivity index (χ0v) is 19.2. The standard InChI is InChI=1S/C20H25ClN2O4S2/c1-5-23(6-2)29(26,27)19-13-15(3)16(4)20(14-19)22-28(24,25)12-11-17-7-9-18(21)10-8-17/h7-14,22H,5-6H2,1-4H3/b12-11+. The van der Waals surface area contributed by atoms with Crippen molar-refractivity contribution in [3.8, 4) is 0 Å². The topological polar surface area (TPSA) is 83.6 Å². The first-order chi connectivity index (χ1) is 13.5. The van der Waals surface area contributed by atoms with Crippen molar-refractivity contribution in [2.45, 2.75) is 32.6 Å². The molecule has 0 amide bonds. The summed E-state index contributed by atoms with van der Waals surface area (Å²) in [6.07, 6.45) is 1.44. The van der Waals surface area contributed by atoms with Gasteiger partial charge in [-0.25, -0.2) is 16.8 Å². The Hall–Kier alpha value is -1.87. The summed E-state index contributed by atoms with van der Waals surface area (Å²) in [6, 6.07) is 9.64. The van der Waals surface area contributed by atoms with Crippen LogP contribution in [0.15, 0.2) is 46.7 Å². The fourth-order valence-electron chi connectivity index (χ4n) is 2.72. The maximum absolute atomic E-state index is 12.8. The number of hydrogen-bond acceptors (Lipinski definition) is 4. The number of anilines is 1. The molecule has 0 radical (unpaired) electrons. The van der Waals surface area contributed by atoms with Gasteiger partial charge >= 0.3 is 0 Å². The van der Waals surface area contributed by atoms with Gasteiger partial charge in [0.25, 0.3) is 10.0 Å². The van der Waals surface area contributed by atoms with Crippen LogP contribution in [0.25, 0.3) is 6.08 Å². The second-order valence-corrected chi connectivity index (χ2v) is 10.4. The molecule has 158 valence electrons. The van der Waals surface area contributed by atoms with E-state index in [0.717, 1.165) is 5.41 Å². The van der Waals surface area contributed by atoms with Crippen molar-refractivity contribution in [1.82, 2.24) is 4.31 Å². The van der Waals surface area contributed by atoms with E-state index >= 15 is 0 Å². The van der Waals surface area contributed by atoms with Crippen LogP contribution in [0.3, 0.4) is 0 Å². The summed E-state index contributed by atoms with van der Waals surface area (Å²) in [5, 5.41) is 1.59. The van der Waals surface area contributed by atoms with Gasteiger partial charge in [0.05, 0.1) is 16.0 Å². The minimum absolute atomic E-state index is 0.0590. The lowest BCUT2D eigenvalue weighted by Gasteiger charge is -2.20. The lowest BCUT2D eigenvalue weighted by atomic mass is 10.1. The van der Waals surface area contributed by atoms with Gasteiger partial charge in [0.15, 0.2) is 0 Å². The lowest BCUT2D eigenvalue weighted by molar-refractivity contribution is 0.445. The number of benzene rings is 2. The first-order valence-electron chi connectivity index (χ1n) is 9.08. The van der Waals surface area contributed by atoms with Crippen LogP contribution in [0.4, 0.5) is 5.69 Å². The average Bonchev–Trinajstić information content (AvgIpc) is 2.65. The Balaban J connectivity index is 2.39. The van der Waals surface area contributed by atoms with E-state index < -0.39 is 20.0 Å². The highest BCUT2D eigenvalue weighted by atomic mass is 35.5. The quantitative estimate of drug-likeness (QED) is 0.638. The number of rotatable bonds is 8. The van der Waals surface area contributed by atoms with Crippen LogP contribution in [0.5, 0.6) is 0 Å². The van der Waals surface area contributed by atoms with E-state index in [1.54, 1.807) is 58.0 Å². The van der Waals surface area contributed by atoms with Crippen LogP contribution in [0.1, 0.15) is 30.5 Å². The normalized spacial score (nSPS) is 12.6. The molecule has 0 unspecified atom stereocenters. The fourth-order valence-corrected chi connectivity index (χ4v) is 5.34. The first-order valence-corrected chi connectivity index (χ1v) is 12.4. The van der Waals surface area contributed by atoms with E-state index in [1.165, 1.54) is 16.4 Å². The molecule has 0 heterocycles. The highest BCUT2D eigenvalue weighted by Crippen LogP contribution is 2.27. The van der Waals surface area contributed by atoms with E-state index in [2.05, 4.69) is 4.72 Å². The Morgan fingerprint density at radius 1 is 1.00 bits per heavy atom. The summed E-state index contributed by atoms with van der Waals surface area (Å²) in [5.74, 6) is 0. The molecular weight excluding hydrogens is 432 g/mol. The third-order valence-electron chi connectivity index (χ3n) is 4.55. The predicted molar refractivity (Wildman–Crippen MR) is 119 cm³/mol. The largest absolute Gasteiger partial charge is 0.280 e. The number of hydrogen-bond donors (Lipinski definition) is 1. The van der Waals surface area contributed by atoms with E-state index in [0.29, 0.717) is 34.8 Å². The van der Waals surface area contributed by atoms with Gasteiger partial charge < -0.3 is 0 Å². The molecule has 0 aromatic heterocycles. The Labute approximate surface area is 178 Å². The molecule has 0 aliphatic carbocycles. The summed E-state index contributed by atoms with van der Waals surface area (Å²) in [4.78, 5) is 0.0590. The SMILES string of the molecule is CCN(CC)S(=O)(=O)c1cc(C)c(C)c(NS(=O)(=O)/C=C/c2ccc(Cl)cc2)c1. The van der Waals surface area contributed by atoms with Gasteiger partial charge in [0.1, 0.15) is 0 Å². The van der Waals surface area contributed by atoms with Gasteiger partial charge in [-0.1, -0.05) is 37.6 Å². The van der Waals surface area contributed by atoms with Crippen LogP contribution in [0.2, 0.25) is 5.02 Å². The number of nitrogens with one attached hydrogen (secondary N) is 1. The van der Waals surface area contributed by atoms with Gasteiger partial charge in [-0.05, 0) is 60.9 Å². The molecule has 0 saturated carbocycles. The molecule has 2 rings (SSSR count). The maximum atomic E-state index is 12.8. The molecule has 0 atom stereocenters. The highest BCUT2D eigenvalue weighted by Gasteiger charge is 2.23. The van der Waals surface area contributed by atoms with Crippen molar-refractivity contribution < 1.29 is 16.8 Å². The molecule has 2 aromatic carbocycles. The first kappa shape index (κ1) is 23.4. The Bertz CT molecular complexity index is 1110. The molecular formula is C20H25ClN2O4S2. The Morgan fingerprint density at radius 2 is 1.59 bits per heavy atom. The third kappa shape index (κ3) is 5.82. The average molecular weight is 457 g/mol. The summed E-state index contributed by atoms with van der Waals surface area (Å²) >= 11 is 5.83. The summed E-state index contributed by atoms with van der Waals surface area (Å²) in [7, 11) is -7.56. The van der Waals surface area contributed by atoms with Crippen molar-refractivity contribution in [3.05, 3.63) is 63.5 Å². The third-order valence-corrected chi connectivity index (χ3v) is 7.82. The molecule has 6 nitrogen and oxygen atoms in total. The van der Waals surface area contributed by atoms with Crippen LogP contribution >= 0.6 is 11.6 Å². The minimum Gasteiger partial charge on any atom is -0.280 e. The molecule has 0 fully saturated rings. The fraction of sp³-hybridized carbons (Fsp3) is 0.300. The number of aryl methyl sites for hydroxylation is 1. The van der Waals surface area contributed by atoms with Crippen molar-refractivity contribution in [1.29, 1.82) is 0 Å². The monoisotopic (exact) mass is 456 g/mol. The van der Waals surface area contributed by atoms with Crippen LogP contribution in [-0.2, 0) is 20.0 Å². The molecule has 29 heavy (non-hydrogen) atoms. The summed E-state index contributed by atoms with van der Waals surface area (Å²) in [5.41, 5.74) is 2.24. The lowest BCUT2D eigenvalue weighted by Crippen LogP contribution is -2.30. The summed E-state index contributed by atoms with van der Waals surface area (Å²) < 4.78 is 54.5. The molecule has 2 aromatic rings. The van der Waals surface area contributed by atoms with E-state index in [-0.39, 0.29) is 10.6 Å². The Kier molecular flexibility index (Phi) is 7.50. The van der Waals surface area contributed by atoms with E-state index in [9.17, 15) is 16.8 Å². The molecule has 1 N–H and O–H groups in total. The van der Waals surface area contributed by atoms with Gasteiger partial charge in [0, 0.05) is 18.1 Å².